The zero-order valence-electron chi connectivity index (χ0n) is 14.7. The van der Waals surface area contributed by atoms with Gasteiger partial charge < -0.3 is 4.74 Å². The molecule has 5 heteroatoms. The number of aryl methyl sites for hydroxylation is 1. The van der Waals surface area contributed by atoms with Crippen molar-refractivity contribution < 1.29 is 9.53 Å². The van der Waals surface area contributed by atoms with Gasteiger partial charge in [0.05, 0.1) is 10.6 Å². The SMILES string of the molecule is C=C1SC(=S)N(c2cccc(Oc3ccc(CCCCC)cc3)c2)C1=O. The molecule has 2 aromatic rings. The summed E-state index contributed by atoms with van der Waals surface area (Å²) in [7, 11) is 0. The molecule has 0 aliphatic carbocycles. The van der Waals surface area contributed by atoms with Crippen LogP contribution in [0.3, 0.4) is 0 Å². The average Bonchev–Trinajstić information content (AvgIpc) is 2.89. The first-order valence-electron chi connectivity index (χ1n) is 8.70. The highest BCUT2D eigenvalue weighted by molar-refractivity contribution is 8.27. The summed E-state index contributed by atoms with van der Waals surface area (Å²) < 4.78 is 6.44. The normalized spacial score (nSPS) is 14.2. The number of carbonyl (C=O) groups is 1. The Balaban J connectivity index is 1.70. The molecule has 1 saturated heterocycles. The molecular formula is C21H21NO2S2. The van der Waals surface area contributed by atoms with Crippen molar-refractivity contribution >= 4 is 39.9 Å². The van der Waals surface area contributed by atoms with Gasteiger partial charge in [-0.25, -0.2) is 0 Å². The van der Waals surface area contributed by atoms with Crippen molar-refractivity contribution in [1.29, 1.82) is 0 Å². The largest absolute Gasteiger partial charge is 0.457 e. The zero-order valence-corrected chi connectivity index (χ0v) is 16.4. The molecule has 0 atom stereocenters. The molecule has 0 N–H and O–H groups in total. The summed E-state index contributed by atoms with van der Waals surface area (Å²) >= 11 is 6.50. The number of benzene rings is 2. The molecule has 0 spiro atoms. The van der Waals surface area contributed by atoms with Crippen molar-refractivity contribution in [3.63, 3.8) is 0 Å². The summed E-state index contributed by atoms with van der Waals surface area (Å²) in [5.41, 5.74) is 2.02. The molecule has 0 bridgehead atoms. The number of hydrogen-bond donors (Lipinski definition) is 0. The fraction of sp³-hybridized carbons (Fsp3) is 0.238. The fourth-order valence-electron chi connectivity index (χ4n) is 2.75. The maximum absolute atomic E-state index is 12.2. The van der Waals surface area contributed by atoms with Crippen molar-refractivity contribution in [3.8, 4) is 11.5 Å². The van der Waals surface area contributed by atoms with E-state index in [0.29, 0.717) is 20.7 Å². The summed E-state index contributed by atoms with van der Waals surface area (Å²) in [6.45, 7) is 5.95. The summed E-state index contributed by atoms with van der Waals surface area (Å²) in [5, 5.41) is 0. The lowest BCUT2D eigenvalue weighted by Crippen LogP contribution is -2.27. The minimum atomic E-state index is -0.173. The van der Waals surface area contributed by atoms with E-state index in [9.17, 15) is 4.79 Å². The Labute approximate surface area is 164 Å². The van der Waals surface area contributed by atoms with Crippen molar-refractivity contribution in [2.24, 2.45) is 0 Å². The second kappa shape index (κ2) is 8.52. The average molecular weight is 384 g/mol. The molecule has 1 aliphatic heterocycles. The Hall–Kier alpha value is -2.11. The number of hydrogen-bond acceptors (Lipinski definition) is 4. The van der Waals surface area contributed by atoms with E-state index in [1.165, 1.54) is 41.5 Å². The summed E-state index contributed by atoms with van der Waals surface area (Å²) in [6, 6.07) is 15.6. The number of amides is 1. The number of ether oxygens (including phenoxy) is 1. The van der Waals surface area contributed by atoms with Gasteiger partial charge in [-0.1, -0.05) is 68.5 Å². The Morgan fingerprint density at radius 2 is 1.88 bits per heavy atom. The number of unbranched alkanes of at least 4 members (excludes halogenated alkanes) is 2. The molecule has 1 fully saturated rings. The van der Waals surface area contributed by atoms with Crippen molar-refractivity contribution in [2.75, 3.05) is 4.90 Å². The predicted molar refractivity (Wildman–Crippen MR) is 113 cm³/mol. The molecule has 0 unspecified atom stereocenters. The first-order chi connectivity index (χ1) is 12.6. The third-order valence-corrected chi connectivity index (χ3v) is 5.35. The van der Waals surface area contributed by atoms with Crippen LogP contribution in [0.1, 0.15) is 31.7 Å². The summed E-state index contributed by atoms with van der Waals surface area (Å²) in [6.07, 6.45) is 4.80. The lowest BCUT2D eigenvalue weighted by atomic mass is 10.1. The number of thioether (sulfide) groups is 1. The maximum atomic E-state index is 12.2. The van der Waals surface area contributed by atoms with E-state index in [-0.39, 0.29) is 5.91 Å². The standard InChI is InChI=1S/C21H21NO2S2/c1-3-4-5-7-16-10-12-18(13-11-16)24-19-9-6-8-17(14-19)22-20(23)15(2)26-21(22)25/h6,8-14H,2-5,7H2,1H3. The molecule has 1 aliphatic rings. The maximum Gasteiger partial charge on any atom is 0.270 e. The Morgan fingerprint density at radius 3 is 2.54 bits per heavy atom. The third kappa shape index (κ3) is 4.34. The fourth-order valence-corrected chi connectivity index (χ4v) is 3.91. The molecule has 134 valence electrons. The monoisotopic (exact) mass is 383 g/mol. The van der Waals surface area contributed by atoms with E-state index in [2.05, 4.69) is 25.6 Å². The van der Waals surface area contributed by atoms with Gasteiger partial charge in [0, 0.05) is 6.07 Å². The van der Waals surface area contributed by atoms with Gasteiger partial charge >= 0.3 is 0 Å². The van der Waals surface area contributed by atoms with Crippen LogP contribution in [-0.2, 0) is 11.2 Å². The number of anilines is 1. The topological polar surface area (TPSA) is 29.5 Å². The summed E-state index contributed by atoms with van der Waals surface area (Å²) in [4.78, 5) is 14.1. The molecule has 0 saturated carbocycles. The van der Waals surface area contributed by atoms with Crippen LogP contribution in [0.2, 0.25) is 0 Å². The highest BCUT2D eigenvalue weighted by atomic mass is 32.2. The van der Waals surface area contributed by atoms with Crippen LogP contribution in [0.15, 0.2) is 60.0 Å². The lowest BCUT2D eigenvalue weighted by molar-refractivity contribution is -0.113. The second-order valence-corrected chi connectivity index (χ2v) is 7.86. The van der Waals surface area contributed by atoms with Crippen LogP contribution in [0, 0.1) is 0 Å². The molecule has 3 rings (SSSR count). The van der Waals surface area contributed by atoms with Crippen molar-refractivity contribution in [1.82, 2.24) is 0 Å². The minimum absolute atomic E-state index is 0.173. The van der Waals surface area contributed by atoms with Crippen LogP contribution in [0.25, 0.3) is 0 Å². The van der Waals surface area contributed by atoms with Crippen LogP contribution >= 0.6 is 24.0 Å². The van der Waals surface area contributed by atoms with E-state index in [4.69, 9.17) is 17.0 Å². The second-order valence-electron chi connectivity index (χ2n) is 6.13. The molecule has 0 aromatic heterocycles. The van der Waals surface area contributed by atoms with E-state index >= 15 is 0 Å². The quantitative estimate of drug-likeness (QED) is 0.329. The number of nitrogens with zero attached hydrogens (tertiary/aromatic N) is 1. The molecule has 1 amide bonds. The molecule has 3 nitrogen and oxygen atoms in total. The van der Waals surface area contributed by atoms with Gasteiger partial charge in [0.25, 0.3) is 5.91 Å². The Bertz CT molecular complexity index is 830. The number of carbonyl (C=O) groups excluding carboxylic acids is 1. The highest BCUT2D eigenvalue weighted by Crippen LogP contribution is 2.35. The minimum Gasteiger partial charge on any atom is -0.457 e. The van der Waals surface area contributed by atoms with E-state index < -0.39 is 0 Å². The lowest BCUT2D eigenvalue weighted by Gasteiger charge is -2.16. The van der Waals surface area contributed by atoms with E-state index in [1.54, 1.807) is 0 Å². The van der Waals surface area contributed by atoms with Crippen molar-refractivity contribution in [2.45, 2.75) is 32.6 Å². The Morgan fingerprint density at radius 1 is 1.12 bits per heavy atom. The van der Waals surface area contributed by atoms with Gasteiger partial charge in [0.2, 0.25) is 0 Å². The van der Waals surface area contributed by atoms with Crippen LogP contribution in [0.5, 0.6) is 11.5 Å². The van der Waals surface area contributed by atoms with E-state index in [0.717, 1.165) is 12.2 Å². The van der Waals surface area contributed by atoms with Gasteiger partial charge in [-0.15, -0.1) is 0 Å². The van der Waals surface area contributed by atoms with E-state index in [1.807, 2.05) is 36.4 Å². The first kappa shape index (κ1) is 18.7. The van der Waals surface area contributed by atoms with Gasteiger partial charge in [-0.2, -0.15) is 0 Å². The van der Waals surface area contributed by atoms with Crippen LogP contribution in [-0.4, -0.2) is 10.2 Å². The van der Waals surface area contributed by atoms with Crippen LogP contribution in [0.4, 0.5) is 5.69 Å². The summed E-state index contributed by atoms with van der Waals surface area (Å²) in [5.74, 6) is 1.27. The number of thiocarbonyl (C=S) groups is 1. The van der Waals surface area contributed by atoms with Crippen LogP contribution < -0.4 is 9.64 Å². The molecule has 0 radical (unpaired) electrons. The number of rotatable bonds is 7. The van der Waals surface area contributed by atoms with Gasteiger partial charge in [-0.3, -0.25) is 9.69 Å². The Kier molecular flexibility index (Phi) is 6.12. The highest BCUT2D eigenvalue weighted by Gasteiger charge is 2.32. The predicted octanol–water partition coefficient (Wildman–Crippen LogP) is 6.09. The third-order valence-electron chi connectivity index (χ3n) is 4.14. The molecule has 1 heterocycles. The first-order valence-corrected chi connectivity index (χ1v) is 9.93. The van der Waals surface area contributed by atoms with Gasteiger partial charge in [0.15, 0.2) is 4.32 Å². The van der Waals surface area contributed by atoms with Gasteiger partial charge in [0.1, 0.15) is 11.5 Å². The zero-order chi connectivity index (χ0) is 18.5. The molecule has 2 aromatic carbocycles. The van der Waals surface area contributed by atoms with Crippen molar-refractivity contribution in [3.05, 3.63) is 65.6 Å². The molecule has 26 heavy (non-hydrogen) atoms. The molecular weight excluding hydrogens is 362 g/mol. The van der Waals surface area contributed by atoms with Gasteiger partial charge in [-0.05, 0) is 42.7 Å². The smallest absolute Gasteiger partial charge is 0.270 e.